The molecule has 2 heterocycles. The van der Waals surface area contributed by atoms with E-state index in [9.17, 15) is 13.2 Å². The van der Waals surface area contributed by atoms with E-state index in [0.717, 1.165) is 9.88 Å². The lowest BCUT2D eigenvalue weighted by atomic mass is 10.3. The molecule has 0 saturated heterocycles. The minimum Gasteiger partial charge on any atom is -0.408 e. The number of nitrogens with one attached hydrogen (secondary N) is 2. The van der Waals surface area contributed by atoms with Gasteiger partial charge in [-0.05, 0) is 19.1 Å². The lowest BCUT2D eigenvalue weighted by Crippen LogP contribution is -2.25. The van der Waals surface area contributed by atoms with Gasteiger partial charge in [-0.3, -0.25) is 4.98 Å². The third-order valence-corrected chi connectivity index (χ3v) is 5.43. The molecule has 9 heteroatoms. The summed E-state index contributed by atoms with van der Waals surface area (Å²) in [6, 6.07) is 4.24. The van der Waals surface area contributed by atoms with Gasteiger partial charge in [0.25, 0.3) is 0 Å². The molecule has 0 amide bonds. The smallest absolute Gasteiger partial charge is 0.408 e. The standard InChI is InChI=1S/C13H13N3O4S2/c1-8-7-14-12(21-8)4-5-15-22(18,19)9-2-3-10-11(6-9)20-13(17)16-10/h2-3,6-7,15H,4-5H2,1H3,(H,16,17). The van der Waals surface area contributed by atoms with Crippen molar-refractivity contribution in [3.05, 3.63) is 44.8 Å². The van der Waals surface area contributed by atoms with Gasteiger partial charge < -0.3 is 4.42 Å². The summed E-state index contributed by atoms with van der Waals surface area (Å²) >= 11 is 1.54. The van der Waals surface area contributed by atoms with Gasteiger partial charge in [-0.1, -0.05) is 0 Å². The third-order valence-electron chi connectivity index (χ3n) is 3.00. The number of H-pyrrole nitrogens is 1. The van der Waals surface area contributed by atoms with E-state index in [2.05, 4.69) is 14.7 Å². The number of thiazole rings is 1. The van der Waals surface area contributed by atoms with Crippen LogP contribution in [0.4, 0.5) is 0 Å². The molecule has 0 atom stereocenters. The lowest BCUT2D eigenvalue weighted by Gasteiger charge is -2.05. The maximum Gasteiger partial charge on any atom is 0.417 e. The van der Waals surface area contributed by atoms with E-state index in [1.165, 1.54) is 29.5 Å². The molecule has 0 spiro atoms. The molecule has 2 N–H and O–H groups in total. The van der Waals surface area contributed by atoms with Crippen molar-refractivity contribution in [2.45, 2.75) is 18.2 Å². The van der Waals surface area contributed by atoms with Gasteiger partial charge in [0.2, 0.25) is 10.0 Å². The summed E-state index contributed by atoms with van der Waals surface area (Å²) in [6.07, 6.45) is 2.29. The highest BCUT2D eigenvalue weighted by molar-refractivity contribution is 7.89. The molecule has 1 aromatic carbocycles. The maximum atomic E-state index is 12.2. The minimum atomic E-state index is -3.65. The van der Waals surface area contributed by atoms with Gasteiger partial charge in [-0.15, -0.1) is 11.3 Å². The van der Waals surface area contributed by atoms with Crippen molar-refractivity contribution in [1.82, 2.24) is 14.7 Å². The molecule has 22 heavy (non-hydrogen) atoms. The Morgan fingerprint density at radius 3 is 2.95 bits per heavy atom. The number of benzene rings is 1. The molecule has 3 rings (SSSR count). The Hall–Kier alpha value is -1.97. The Morgan fingerprint density at radius 1 is 1.41 bits per heavy atom. The van der Waals surface area contributed by atoms with Crippen LogP contribution in [0.1, 0.15) is 9.88 Å². The van der Waals surface area contributed by atoms with E-state index in [1.807, 2.05) is 6.92 Å². The van der Waals surface area contributed by atoms with Crippen molar-refractivity contribution < 1.29 is 12.8 Å². The Labute approximate surface area is 130 Å². The molecule has 0 radical (unpaired) electrons. The predicted molar refractivity (Wildman–Crippen MR) is 82.6 cm³/mol. The van der Waals surface area contributed by atoms with Gasteiger partial charge in [0.15, 0.2) is 5.58 Å². The first-order chi connectivity index (χ1) is 10.4. The largest absolute Gasteiger partial charge is 0.417 e. The summed E-state index contributed by atoms with van der Waals surface area (Å²) < 4.78 is 31.8. The number of hydrogen-bond donors (Lipinski definition) is 2. The van der Waals surface area contributed by atoms with Crippen LogP contribution in [0.15, 0.2) is 38.5 Å². The molecule has 0 aliphatic rings. The maximum absolute atomic E-state index is 12.2. The Bertz CT molecular complexity index is 969. The van der Waals surface area contributed by atoms with Crippen LogP contribution < -0.4 is 10.5 Å². The molecule has 2 aromatic heterocycles. The highest BCUT2D eigenvalue weighted by Gasteiger charge is 2.15. The van der Waals surface area contributed by atoms with Crippen molar-refractivity contribution >= 4 is 32.5 Å². The minimum absolute atomic E-state index is 0.0538. The first-order valence-corrected chi connectivity index (χ1v) is 8.78. The fourth-order valence-corrected chi connectivity index (χ4v) is 3.82. The normalized spacial score (nSPS) is 12.0. The summed E-state index contributed by atoms with van der Waals surface area (Å²) in [5, 5.41) is 0.882. The van der Waals surface area contributed by atoms with Crippen LogP contribution in [0.3, 0.4) is 0 Å². The van der Waals surface area contributed by atoms with Crippen LogP contribution in [0.5, 0.6) is 0 Å². The zero-order valence-corrected chi connectivity index (χ0v) is 13.3. The highest BCUT2D eigenvalue weighted by atomic mass is 32.2. The van der Waals surface area contributed by atoms with Gasteiger partial charge in [-0.2, -0.15) is 0 Å². The molecule has 0 bridgehead atoms. The third kappa shape index (κ3) is 3.11. The average molecular weight is 339 g/mol. The summed E-state index contributed by atoms with van der Waals surface area (Å²) in [7, 11) is -3.65. The van der Waals surface area contributed by atoms with E-state index in [4.69, 9.17) is 4.42 Å². The number of nitrogens with zero attached hydrogens (tertiary/aromatic N) is 1. The first kappa shape index (κ1) is 14.9. The van der Waals surface area contributed by atoms with E-state index in [-0.39, 0.29) is 17.0 Å². The van der Waals surface area contributed by atoms with Gasteiger partial charge in [0.05, 0.1) is 15.4 Å². The van der Waals surface area contributed by atoms with Crippen molar-refractivity contribution in [3.63, 3.8) is 0 Å². The van der Waals surface area contributed by atoms with Gasteiger partial charge in [-0.25, -0.2) is 22.9 Å². The first-order valence-electron chi connectivity index (χ1n) is 6.48. The van der Waals surface area contributed by atoms with Crippen molar-refractivity contribution in [2.24, 2.45) is 0 Å². The van der Waals surface area contributed by atoms with E-state index in [0.29, 0.717) is 11.9 Å². The Kier molecular flexibility index (Phi) is 3.85. The number of aromatic nitrogens is 2. The number of hydrogen-bond acceptors (Lipinski definition) is 6. The average Bonchev–Trinajstić information content (AvgIpc) is 3.02. The summed E-state index contributed by atoms with van der Waals surface area (Å²) in [6.45, 7) is 2.20. The predicted octanol–water partition coefficient (Wildman–Crippen LogP) is 1.41. The van der Waals surface area contributed by atoms with E-state index >= 15 is 0 Å². The van der Waals surface area contributed by atoms with Crippen molar-refractivity contribution in [1.29, 1.82) is 0 Å². The van der Waals surface area contributed by atoms with Gasteiger partial charge in [0.1, 0.15) is 0 Å². The number of sulfonamides is 1. The van der Waals surface area contributed by atoms with Gasteiger partial charge >= 0.3 is 5.76 Å². The molecule has 0 saturated carbocycles. The van der Waals surface area contributed by atoms with Gasteiger partial charge in [0, 0.05) is 30.1 Å². The number of fused-ring (bicyclic) bond motifs is 1. The van der Waals surface area contributed by atoms with Crippen molar-refractivity contribution in [2.75, 3.05) is 6.54 Å². The number of rotatable bonds is 5. The van der Waals surface area contributed by atoms with Crippen LogP contribution in [-0.4, -0.2) is 24.9 Å². The Morgan fingerprint density at radius 2 is 2.23 bits per heavy atom. The number of oxazole rings is 1. The van der Waals surface area contributed by atoms with Crippen LogP contribution in [0.25, 0.3) is 11.1 Å². The topological polar surface area (TPSA) is 105 Å². The van der Waals surface area contributed by atoms with Crippen LogP contribution in [0.2, 0.25) is 0 Å². The van der Waals surface area contributed by atoms with Crippen molar-refractivity contribution in [3.8, 4) is 0 Å². The molecule has 0 unspecified atom stereocenters. The van der Waals surface area contributed by atoms with Crippen LogP contribution in [0, 0.1) is 6.92 Å². The summed E-state index contributed by atoms with van der Waals surface area (Å²) in [5.74, 6) is -0.614. The summed E-state index contributed by atoms with van der Waals surface area (Å²) in [4.78, 5) is 18.9. The Balaban J connectivity index is 1.74. The zero-order valence-electron chi connectivity index (χ0n) is 11.6. The zero-order chi connectivity index (χ0) is 15.7. The molecule has 3 aromatic rings. The quantitative estimate of drug-likeness (QED) is 0.731. The number of aromatic amines is 1. The van der Waals surface area contributed by atoms with Crippen LogP contribution in [-0.2, 0) is 16.4 Å². The second kappa shape index (κ2) is 5.67. The second-order valence-electron chi connectivity index (χ2n) is 4.68. The number of aryl methyl sites for hydroxylation is 1. The van der Waals surface area contributed by atoms with E-state index in [1.54, 1.807) is 6.20 Å². The molecular formula is C13H13N3O4S2. The second-order valence-corrected chi connectivity index (χ2v) is 7.77. The molecule has 116 valence electrons. The fourth-order valence-electron chi connectivity index (χ4n) is 1.99. The lowest BCUT2D eigenvalue weighted by molar-refractivity contribution is 0.553. The molecular weight excluding hydrogens is 326 g/mol. The highest BCUT2D eigenvalue weighted by Crippen LogP contribution is 2.17. The molecule has 0 aliphatic carbocycles. The van der Waals surface area contributed by atoms with E-state index < -0.39 is 15.8 Å². The summed E-state index contributed by atoms with van der Waals surface area (Å²) in [5.41, 5.74) is 0.672. The monoisotopic (exact) mass is 339 g/mol. The van der Waals surface area contributed by atoms with Crippen LogP contribution >= 0.6 is 11.3 Å². The SMILES string of the molecule is Cc1cnc(CCNS(=O)(=O)c2ccc3[nH]c(=O)oc3c2)s1. The fraction of sp³-hybridized carbons (Fsp3) is 0.231. The molecule has 0 aliphatic heterocycles. The molecule has 7 nitrogen and oxygen atoms in total. The molecule has 0 fully saturated rings.